The molecular formula is C22H33IN4OS. The molecule has 160 valence electrons. The van der Waals surface area contributed by atoms with E-state index < -0.39 is 0 Å². The van der Waals surface area contributed by atoms with Crippen LogP contribution in [0, 0.1) is 5.92 Å². The van der Waals surface area contributed by atoms with Gasteiger partial charge in [-0.25, -0.2) is 4.99 Å². The summed E-state index contributed by atoms with van der Waals surface area (Å²) in [6, 6.07) is 13.0. The zero-order valence-electron chi connectivity index (χ0n) is 17.1. The van der Waals surface area contributed by atoms with Gasteiger partial charge in [0.25, 0.3) is 0 Å². The molecule has 0 amide bonds. The van der Waals surface area contributed by atoms with E-state index in [0.717, 1.165) is 51.4 Å². The summed E-state index contributed by atoms with van der Waals surface area (Å²) in [6.45, 7) is 6.87. The molecule has 0 unspecified atom stereocenters. The van der Waals surface area contributed by atoms with E-state index in [2.05, 4.69) is 64.2 Å². The molecular weight excluding hydrogens is 495 g/mol. The molecule has 0 bridgehead atoms. The average molecular weight is 529 g/mol. The predicted octanol–water partition coefficient (Wildman–Crippen LogP) is 3.87. The summed E-state index contributed by atoms with van der Waals surface area (Å²) < 4.78 is 0. The van der Waals surface area contributed by atoms with Crippen molar-refractivity contribution in [3.63, 3.8) is 0 Å². The Hall–Kier alpha value is -1.32. The summed E-state index contributed by atoms with van der Waals surface area (Å²) in [6.07, 6.45) is 3.17. The first-order valence-corrected chi connectivity index (χ1v) is 11.2. The van der Waals surface area contributed by atoms with Gasteiger partial charge < -0.3 is 20.6 Å². The van der Waals surface area contributed by atoms with E-state index in [4.69, 9.17) is 4.99 Å². The van der Waals surface area contributed by atoms with Crippen molar-refractivity contribution < 1.29 is 5.11 Å². The molecule has 7 heteroatoms. The second kappa shape index (κ2) is 13.1. The predicted molar refractivity (Wildman–Crippen MR) is 135 cm³/mol. The maximum atomic E-state index is 9.29. The summed E-state index contributed by atoms with van der Waals surface area (Å²) in [5, 5.41) is 18.1. The minimum Gasteiger partial charge on any atom is -0.396 e. The topological polar surface area (TPSA) is 59.9 Å². The Labute approximate surface area is 195 Å². The molecule has 3 rings (SSSR count). The molecule has 0 radical (unpaired) electrons. The molecule has 29 heavy (non-hydrogen) atoms. The van der Waals surface area contributed by atoms with Crippen molar-refractivity contribution in [2.45, 2.75) is 32.7 Å². The Morgan fingerprint density at radius 1 is 1.17 bits per heavy atom. The van der Waals surface area contributed by atoms with Gasteiger partial charge in [0.15, 0.2) is 5.96 Å². The second-order valence-electron chi connectivity index (χ2n) is 7.23. The Kier molecular flexibility index (Phi) is 10.8. The first-order valence-electron chi connectivity index (χ1n) is 10.3. The largest absolute Gasteiger partial charge is 0.396 e. The molecule has 2 aromatic rings. The number of halogens is 1. The van der Waals surface area contributed by atoms with Crippen LogP contribution in [-0.4, -0.2) is 43.9 Å². The van der Waals surface area contributed by atoms with Crippen LogP contribution in [0.25, 0.3) is 0 Å². The Morgan fingerprint density at radius 3 is 2.55 bits per heavy atom. The lowest BCUT2D eigenvalue weighted by Crippen LogP contribution is -2.38. The molecule has 1 saturated heterocycles. The summed E-state index contributed by atoms with van der Waals surface area (Å²) in [7, 11) is 0. The van der Waals surface area contributed by atoms with Gasteiger partial charge in [-0.1, -0.05) is 18.2 Å². The van der Waals surface area contributed by atoms with E-state index in [1.807, 2.05) is 0 Å². The molecule has 0 atom stereocenters. The van der Waals surface area contributed by atoms with E-state index in [9.17, 15) is 5.11 Å². The highest BCUT2D eigenvalue weighted by Crippen LogP contribution is 2.23. The smallest absolute Gasteiger partial charge is 0.191 e. The first kappa shape index (κ1) is 24.0. The van der Waals surface area contributed by atoms with E-state index in [1.165, 1.54) is 16.1 Å². The SMILES string of the molecule is CCNC(=NCc1ccc(N2CCC(CO)CC2)cc1)NCCc1cccs1.I. The number of aliphatic hydroxyl groups excluding tert-OH is 1. The zero-order chi connectivity index (χ0) is 19.6. The Morgan fingerprint density at radius 2 is 1.93 bits per heavy atom. The summed E-state index contributed by atoms with van der Waals surface area (Å²) in [4.78, 5) is 8.52. The monoisotopic (exact) mass is 528 g/mol. The van der Waals surface area contributed by atoms with E-state index in [1.54, 1.807) is 11.3 Å². The number of anilines is 1. The highest BCUT2D eigenvalue weighted by molar-refractivity contribution is 14.0. The van der Waals surface area contributed by atoms with Gasteiger partial charge in [0.2, 0.25) is 0 Å². The number of hydrogen-bond donors (Lipinski definition) is 3. The highest BCUT2D eigenvalue weighted by atomic mass is 127. The average Bonchev–Trinajstić information content (AvgIpc) is 3.26. The van der Waals surface area contributed by atoms with E-state index in [0.29, 0.717) is 19.1 Å². The number of nitrogens with zero attached hydrogens (tertiary/aromatic N) is 2. The standard InChI is InChI=1S/C22H32N4OS.HI/c1-2-23-22(24-12-9-21-4-3-15-28-21)25-16-18-5-7-20(8-6-18)26-13-10-19(17-27)11-14-26;/h3-8,15,19,27H,2,9-14,16-17H2,1H3,(H2,23,24,25);1H. The van der Waals surface area contributed by atoms with Crippen LogP contribution < -0.4 is 15.5 Å². The number of aliphatic hydroxyl groups is 1. The van der Waals surface area contributed by atoms with E-state index in [-0.39, 0.29) is 24.0 Å². The van der Waals surface area contributed by atoms with Crippen molar-refractivity contribution in [3.05, 3.63) is 52.2 Å². The third kappa shape index (κ3) is 7.79. The lowest BCUT2D eigenvalue weighted by Gasteiger charge is -2.32. The maximum Gasteiger partial charge on any atom is 0.191 e. The number of thiophene rings is 1. The van der Waals surface area contributed by atoms with Crippen LogP contribution in [0.5, 0.6) is 0 Å². The van der Waals surface area contributed by atoms with Crippen molar-refractivity contribution in [3.8, 4) is 0 Å². The number of aliphatic imine (C=N–C) groups is 1. The van der Waals surface area contributed by atoms with Crippen LogP contribution in [0.3, 0.4) is 0 Å². The summed E-state index contributed by atoms with van der Waals surface area (Å²) in [5.74, 6) is 1.34. The van der Waals surface area contributed by atoms with Crippen LogP contribution in [-0.2, 0) is 13.0 Å². The van der Waals surface area contributed by atoms with Crippen LogP contribution in [0.4, 0.5) is 5.69 Å². The quantitative estimate of drug-likeness (QED) is 0.277. The minimum absolute atomic E-state index is 0. The maximum absolute atomic E-state index is 9.29. The molecule has 0 aliphatic carbocycles. The van der Waals surface area contributed by atoms with E-state index >= 15 is 0 Å². The lowest BCUT2D eigenvalue weighted by atomic mass is 9.97. The van der Waals surface area contributed by atoms with Crippen molar-refractivity contribution in [2.75, 3.05) is 37.7 Å². The number of rotatable bonds is 8. The molecule has 1 fully saturated rings. The van der Waals surface area contributed by atoms with Gasteiger partial charge in [-0.3, -0.25) is 0 Å². The van der Waals surface area contributed by atoms with Crippen molar-refractivity contribution >= 4 is 47.0 Å². The van der Waals surface area contributed by atoms with Gasteiger partial charge in [-0.05, 0) is 61.2 Å². The Bertz CT molecular complexity index is 713. The van der Waals surface area contributed by atoms with Gasteiger partial charge >= 0.3 is 0 Å². The molecule has 5 nitrogen and oxygen atoms in total. The fourth-order valence-corrected chi connectivity index (χ4v) is 4.17. The van der Waals surface area contributed by atoms with Crippen molar-refractivity contribution in [1.82, 2.24) is 10.6 Å². The van der Waals surface area contributed by atoms with Gasteiger partial charge in [-0.15, -0.1) is 35.3 Å². The highest BCUT2D eigenvalue weighted by Gasteiger charge is 2.18. The van der Waals surface area contributed by atoms with Crippen molar-refractivity contribution in [2.24, 2.45) is 10.9 Å². The molecule has 1 aliphatic heterocycles. The molecule has 0 saturated carbocycles. The van der Waals surface area contributed by atoms with Crippen LogP contribution in [0.15, 0.2) is 46.8 Å². The number of guanidine groups is 1. The fraction of sp³-hybridized carbons (Fsp3) is 0.500. The molecule has 1 aromatic heterocycles. The minimum atomic E-state index is 0. The van der Waals surface area contributed by atoms with Crippen molar-refractivity contribution in [1.29, 1.82) is 0 Å². The molecule has 1 aliphatic rings. The van der Waals surface area contributed by atoms with Crippen LogP contribution in [0.2, 0.25) is 0 Å². The number of benzene rings is 1. The first-order chi connectivity index (χ1) is 13.8. The summed E-state index contributed by atoms with van der Waals surface area (Å²) >= 11 is 1.80. The van der Waals surface area contributed by atoms with Gasteiger partial charge in [-0.2, -0.15) is 0 Å². The second-order valence-corrected chi connectivity index (χ2v) is 8.26. The number of piperidine rings is 1. The fourth-order valence-electron chi connectivity index (χ4n) is 3.46. The number of hydrogen-bond acceptors (Lipinski definition) is 4. The van der Waals surface area contributed by atoms with Crippen LogP contribution in [0.1, 0.15) is 30.2 Å². The molecule has 2 heterocycles. The third-order valence-corrected chi connectivity index (χ3v) is 6.12. The van der Waals surface area contributed by atoms with Crippen LogP contribution >= 0.6 is 35.3 Å². The lowest BCUT2D eigenvalue weighted by molar-refractivity contribution is 0.203. The van der Waals surface area contributed by atoms with Gasteiger partial charge in [0.05, 0.1) is 6.54 Å². The third-order valence-electron chi connectivity index (χ3n) is 5.18. The molecule has 3 N–H and O–H groups in total. The number of nitrogens with one attached hydrogen (secondary N) is 2. The van der Waals surface area contributed by atoms with Gasteiger partial charge in [0.1, 0.15) is 0 Å². The normalized spacial score (nSPS) is 15.1. The summed E-state index contributed by atoms with van der Waals surface area (Å²) in [5.41, 5.74) is 2.48. The van der Waals surface area contributed by atoms with Gasteiger partial charge in [0, 0.05) is 43.4 Å². The molecule has 0 spiro atoms. The molecule has 1 aromatic carbocycles. The zero-order valence-corrected chi connectivity index (χ0v) is 20.3. The Balaban J connectivity index is 0.00000300.